The molecule has 0 aromatic rings. The normalized spacial score (nSPS) is 13.7. The van der Waals surface area contributed by atoms with Crippen molar-refractivity contribution in [3.8, 4) is 0 Å². The summed E-state index contributed by atoms with van der Waals surface area (Å²) >= 11 is 0. The highest BCUT2D eigenvalue weighted by atomic mass is 28.1. The van der Waals surface area contributed by atoms with E-state index in [1.165, 1.54) is 0 Å². The summed E-state index contributed by atoms with van der Waals surface area (Å²) in [6.07, 6.45) is 1.84. The summed E-state index contributed by atoms with van der Waals surface area (Å²) in [5, 5.41) is 0. The molecule has 0 N–H and O–H groups in total. The van der Waals surface area contributed by atoms with Gasteiger partial charge >= 0.3 is 0 Å². The Kier molecular flexibility index (Phi) is 6.50. The third kappa shape index (κ3) is 4.34. The largest absolute Gasteiger partial charge is 0.353 e. The van der Waals surface area contributed by atoms with Gasteiger partial charge in [-0.25, -0.2) is 0 Å². The third-order valence-corrected chi connectivity index (χ3v) is 2.48. The number of ether oxygens (including phenoxy) is 2. The molecule has 0 fully saturated rings. The van der Waals surface area contributed by atoms with Crippen molar-refractivity contribution in [2.45, 2.75) is 25.7 Å². The Morgan fingerprint density at radius 3 is 2.09 bits per heavy atom. The highest BCUT2D eigenvalue weighted by Gasteiger charge is 2.13. The van der Waals surface area contributed by atoms with Gasteiger partial charge in [-0.15, -0.1) is 6.58 Å². The number of hydrogen-bond donors (Lipinski definition) is 0. The predicted octanol–water partition coefficient (Wildman–Crippen LogP) is 0.725. The average molecular weight is 174 g/mol. The molecule has 3 heteroatoms. The number of hydrogen-bond acceptors (Lipinski definition) is 2. The van der Waals surface area contributed by atoms with Gasteiger partial charge in [0.15, 0.2) is 6.29 Å². The molecule has 66 valence electrons. The molecule has 0 rings (SSSR count). The topological polar surface area (TPSA) is 18.5 Å². The molecule has 0 aliphatic heterocycles. The second-order valence-electron chi connectivity index (χ2n) is 2.37. The summed E-state index contributed by atoms with van der Waals surface area (Å²) in [7, 11) is 1.03. The fraction of sp³-hybridized carbons (Fsp3) is 0.750. The lowest BCUT2D eigenvalue weighted by Gasteiger charge is -2.20. The first-order chi connectivity index (χ1) is 5.26. The van der Waals surface area contributed by atoms with Gasteiger partial charge in [0.25, 0.3) is 0 Å². The molecule has 0 aliphatic carbocycles. The molecule has 0 aromatic heterocycles. The highest BCUT2D eigenvalue weighted by molar-refractivity contribution is 6.13. The number of rotatable bonds is 6. The van der Waals surface area contributed by atoms with Gasteiger partial charge in [-0.05, 0) is 13.8 Å². The van der Waals surface area contributed by atoms with Crippen LogP contribution in [0.25, 0.3) is 0 Å². The van der Waals surface area contributed by atoms with Gasteiger partial charge in [-0.3, -0.25) is 0 Å². The Labute approximate surface area is 72.0 Å². The SMILES string of the molecule is C=CC([SiH3])C(OCC)OCC. The van der Waals surface area contributed by atoms with E-state index in [4.69, 9.17) is 9.47 Å². The Bertz CT molecular complexity index is 100. The quantitative estimate of drug-likeness (QED) is 0.336. The van der Waals surface area contributed by atoms with E-state index in [-0.39, 0.29) is 6.29 Å². The first kappa shape index (κ1) is 10.9. The van der Waals surface area contributed by atoms with Crippen molar-refractivity contribution >= 4 is 10.2 Å². The van der Waals surface area contributed by atoms with Gasteiger partial charge in [-0.1, -0.05) is 6.08 Å². The van der Waals surface area contributed by atoms with Crippen LogP contribution in [-0.4, -0.2) is 29.7 Å². The van der Waals surface area contributed by atoms with E-state index in [1.54, 1.807) is 0 Å². The summed E-state index contributed by atoms with van der Waals surface area (Å²) in [5.41, 5.74) is 0.398. The molecule has 0 saturated carbocycles. The lowest BCUT2D eigenvalue weighted by Crippen LogP contribution is -2.22. The minimum atomic E-state index is -0.0610. The summed E-state index contributed by atoms with van der Waals surface area (Å²) < 4.78 is 10.8. The molecule has 0 amide bonds. The minimum Gasteiger partial charge on any atom is -0.353 e. The molecule has 1 atom stereocenters. The van der Waals surface area contributed by atoms with E-state index in [0.29, 0.717) is 18.8 Å². The molecule has 2 nitrogen and oxygen atoms in total. The van der Waals surface area contributed by atoms with Crippen LogP contribution in [0, 0.1) is 0 Å². The maximum atomic E-state index is 5.38. The van der Waals surface area contributed by atoms with E-state index >= 15 is 0 Å². The molecule has 11 heavy (non-hydrogen) atoms. The highest BCUT2D eigenvalue weighted by Crippen LogP contribution is 2.12. The predicted molar refractivity (Wildman–Crippen MR) is 50.9 cm³/mol. The monoisotopic (exact) mass is 174 g/mol. The van der Waals surface area contributed by atoms with Crippen LogP contribution in [0.4, 0.5) is 0 Å². The van der Waals surface area contributed by atoms with Crippen LogP contribution in [0.3, 0.4) is 0 Å². The van der Waals surface area contributed by atoms with Crippen molar-refractivity contribution in [1.82, 2.24) is 0 Å². The lowest BCUT2D eigenvalue weighted by molar-refractivity contribution is -0.132. The van der Waals surface area contributed by atoms with Gasteiger partial charge in [0.2, 0.25) is 0 Å². The first-order valence-corrected chi connectivity index (χ1v) is 5.27. The second-order valence-corrected chi connectivity index (χ2v) is 3.71. The van der Waals surface area contributed by atoms with E-state index in [9.17, 15) is 0 Å². The fourth-order valence-electron chi connectivity index (χ4n) is 0.791. The average Bonchev–Trinajstić information content (AvgIpc) is 2.03. The van der Waals surface area contributed by atoms with Crippen molar-refractivity contribution < 1.29 is 9.47 Å². The van der Waals surface area contributed by atoms with Crippen molar-refractivity contribution in [3.63, 3.8) is 0 Å². The zero-order valence-electron chi connectivity index (χ0n) is 7.67. The minimum absolute atomic E-state index is 0.0610. The summed E-state index contributed by atoms with van der Waals surface area (Å²) in [6.45, 7) is 9.08. The van der Waals surface area contributed by atoms with Crippen LogP contribution in [0.2, 0.25) is 5.54 Å². The van der Waals surface area contributed by atoms with Crippen LogP contribution in [0.15, 0.2) is 12.7 Å². The van der Waals surface area contributed by atoms with Crippen LogP contribution in [0.5, 0.6) is 0 Å². The smallest absolute Gasteiger partial charge is 0.160 e. The molecule has 0 saturated heterocycles. The van der Waals surface area contributed by atoms with Crippen molar-refractivity contribution in [3.05, 3.63) is 12.7 Å². The Balaban J connectivity index is 3.75. The molecule has 0 heterocycles. The Morgan fingerprint density at radius 1 is 1.36 bits per heavy atom. The molecule has 0 spiro atoms. The summed E-state index contributed by atoms with van der Waals surface area (Å²) in [4.78, 5) is 0. The maximum Gasteiger partial charge on any atom is 0.160 e. The molecule has 0 aromatic carbocycles. The van der Waals surface area contributed by atoms with Crippen LogP contribution in [-0.2, 0) is 9.47 Å². The Hall–Kier alpha value is -0.123. The van der Waals surface area contributed by atoms with Crippen LogP contribution in [0.1, 0.15) is 13.8 Å². The summed E-state index contributed by atoms with van der Waals surface area (Å²) in [5.74, 6) is 0. The molecular formula is C8H18O2Si. The summed E-state index contributed by atoms with van der Waals surface area (Å²) in [6, 6.07) is 0. The third-order valence-electron chi connectivity index (χ3n) is 1.46. The zero-order chi connectivity index (χ0) is 8.69. The molecule has 0 radical (unpaired) electrons. The van der Waals surface area contributed by atoms with E-state index in [1.807, 2.05) is 19.9 Å². The standard InChI is InChI=1S/C8H18O2Si/c1-4-7(11)8(9-5-2)10-6-3/h4,7-8H,1,5-6H2,2-3,11H3. The van der Waals surface area contributed by atoms with Gasteiger partial charge in [0.05, 0.1) is 0 Å². The molecular weight excluding hydrogens is 156 g/mol. The van der Waals surface area contributed by atoms with Gasteiger partial charge in [0.1, 0.15) is 0 Å². The lowest BCUT2D eigenvalue weighted by atomic mass is 10.4. The van der Waals surface area contributed by atoms with Crippen molar-refractivity contribution in [1.29, 1.82) is 0 Å². The first-order valence-electron chi connectivity index (χ1n) is 4.12. The van der Waals surface area contributed by atoms with Crippen LogP contribution >= 0.6 is 0 Å². The van der Waals surface area contributed by atoms with E-state index in [0.717, 1.165) is 10.2 Å². The zero-order valence-corrected chi connectivity index (χ0v) is 9.67. The molecule has 1 unspecified atom stereocenters. The van der Waals surface area contributed by atoms with E-state index < -0.39 is 0 Å². The maximum absolute atomic E-state index is 5.38. The second kappa shape index (κ2) is 6.58. The van der Waals surface area contributed by atoms with Gasteiger partial charge in [-0.2, -0.15) is 0 Å². The molecule has 0 aliphatic rings. The van der Waals surface area contributed by atoms with Crippen molar-refractivity contribution in [2.24, 2.45) is 0 Å². The fourth-order valence-corrected chi connectivity index (χ4v) is 1.18. The Morgan fingerprint density at radius 2 is 1.82 bits per heavy atom. The van der Waals surface area contributed by atoms with Gasteiger partial charge < -0.3 is 9.47 Å². The van der Waals surface area contributed by atoms with Gasteiger partial charge in [0, 0.05) is 29.0 Å². The van der Waals surface area contributed by atoms with Crippen molar-refractivity contribution in [2.75, 3.05) is 13.2 Å². The molecule has 0 bridgehead atoms. The van der Waals surface area contributed by atoms with Crippen LogP contribution < -0.4 is 0 Å². The van der Waals surface area contributed by atoms with E-state index in [2.05, 4.69) is 6.58 Å².